The Morgan fingerprint density at radius 2 is 2.04 bits per heavy atom. The largest absolute Gasteiger partial charge is 0.383 e. The highest BCUT2D eigenvalue weighted by Crippen LogP contribution is 2.42. The Hall–Kier alpha value is -2.40. The third-order valence-corrected chi connectivity index (χ3v) is 5.20. The molecule has 0 saturated heterocycles. The van der Waals surface area contributed by atoms with Gasteiger partial charge in [-0.2, -0.15) is 0 Å². The highest BCUT2D eigenvalue weighted by Gasteiger charge is 2.31. The van der Waals surface area contributed by atoms with Gasteiger partial charge < -0.3 is 13.9 Å². The van der Waals surface area contributed by atoms with Crippen molar-refractivity contribution < 1.29 is 4.74 Å². The molecule has 5 heteroatoms. The Labute approximate surface area is 153 Å². The summed E-state index contributed by atoms with van der Waals surface area (Å²) < 4.78 is 9.39. The topological polar surface area (TPSA) is 49.1 Å². The van der Waals surface area contributed by atoms with Gasteiger partial charge in [0.05, 0.1) is 23.7 Å². The van der Waals surface area contributed by atoms with Crippen LogP contribution in [0.2, 0.25) is 0 Å². The van der Waals surface area contributed by atoms with Crippen LogP contribution >= 0.6 is 0 Å². The molecule has 5 nitrogen and oxygen atoms in total. The molecule has 4 rings (SSSR count). The molecule has 26 heavy (non-hydrogen) atoms. The fourth-order valence-corrected chi connectivity index (χ4v) is 3.74. The van der Waals surface area contributed by atoms with Crippen LogP contribution in [0.1, 0.15) is 43.1 Å². The zero-order chi connectivity index (χ0) is 18.4. The normalized spacial score (nSPS) is 15.5. The van der Waals surface area contributed by atoms with Gasteiger partial charge >= 0.3 is 0 Å². The van der Waals surface area contributed by atoms with Gasteiger partial charge in [-0.05, 0) is 56.0 Å². The van der Waals surface area contributed by atoms with Crippen LogP contribution in [-0.4, -0.2) is 27.8 Å². The number of aromatic nitrogens is 3. The van der Waals surface area contributed by atoms with Crippen LogP contribution in [0.3, 0.4) is 0 Å². The summed E-state index contributed by atoms with van der Waals surface area (Å²) in [7, 11) is 3.54. The molecule has 0 spiro atoms. The molecule has 1 fully saturated rings. The third-order valence-electron chi connectivity index (χ3n) is 5.20. The van der Waals surface area contributed by atoms with E-state index in [-0.39, 0.29) is 11.6 Å². The molecular weight excluding hydrogens is 326 g/mol. The number of imidazole rings is 1. The maximum atomic E-state index is 12.0. The highest BCUT2D eigenvalue weighted by molar-refractivity contribution is 5.83. The Balaban J connectivity index is 1.88. The predicted molar refractivity (Wildman–Crippen MR) is 104 cm³/mol. The van der Waals surface area contributed by atoms with E-state index >= 15 is 0 Å². The lowest BCUT2D eigenvalue weighted by Crippen LogP contribution is -2.18. The highest BCUT2D eigenvalue weighted by atomic mass is 16.5. The maximum Gasteiger partial charge on any atom is 0.253 e. The van der Waals surface area contributed by atoms with Crippen molar-refractivity contribution in [1.29, 1.82) is 0 Å². The van der Waals surface area contributed by atoms with Crippen molar-refractivity contribution in [3.05, 3.63) is 52.2 Å². The third kappa shape index (κ3) is 2.86. The smallest absolute Gasteiger partial charge is 0.253 e. The quantitative estimate of drug-likeness (QED) is 0.702. The first-order valence-electron chi connectivity index (χ1n) is 9.18. The molecule has 1 saturated carbocycles. The zero-order valence-corrected chi connectivity index (χ0v) is 15.8. The fourth-order valence-electron chi connectivity index (χ4n) is 3.74. The van der Waals surface area contributed by atoms with E-state index in [0.717, 1.165) is 27.7 Å². The number of nitrogens with zero attached hydrogens (tertiary/aromatic N) is 3. The molecular formula is C21H25N3O2. The molecule has 136 valence electrons. The average Bonchev–Trinajstić information content (AvgIpc) is 3.39. The first-order chi connectivity index (χ1) is 12.5. The van der Waals surface area contributed by atoms with Gasteiger partial charge in [-0.15, -0.1) is 0 Å². The summed E-state index contributed by atoms with van der Waals surface area (Å²) in [6, 6.07) is 8.58. The van der Waals surface area contributed by atoms with Crippen LogP contribution in [0.5, 0.6) is 0 Å². The Bertz CT molecular complexity index is 1000. The molecule has 0 aliphatic heterocycles. The van der Waals surface area contributed by atoms with E-state index in [0.29, 0.717) is 12.5 Å². The summed E-state index contributed by atoms with van der Waals surface area (Å²) >= 11 is 0. The van der Waals surface area contributed by atoms with Crippen LogP contribution < -0.4 is 5.56 Å². The maximum absolute atomic E-state index is 12.0. The minimum absolute atomic E-state index is 0.0459. The number of pyridine rings is 1. The van der Waals surface area contributed by atoms with Crippen molar-refractivity contribution in [3.63, 3.8) is 0 Å². The summed E-state index contributed by atoms with van der Waals surface area (Å²) in [5.74, 6) is 1.75. The molecule has 1 aliphatic rings. The second kappa shape index (κ2) is 6.40. The molecule has 0 bridgehead atoms. The van der Waals surface area contributed by atoms with Gasteiger partial charge in [0.15, 0.2) is 0 Å². The van der Waals surface area contributed by atoms with Gasteiger partial charge in [0, 0.05) is 31.8 Å². The van der Waals surface area contributed by atoms with Crippen molar-refractivity contribution in [3.8, 4) is 11.1 Å². The monoisotopic (exact) mass is 351 g/mol. The molecule has 0 N–H and O–H groups in total. The van der Waals surface area contributed by atoms with Crippen molar-refractivity contribution >= 4 is 11.0 Å². The number of fused-ring (bicyclic) bond motifs is 1. The summed E-state index contributed by atoms with van der Waals surface area (Å²) in [4.78, 5) is 16.9. The summed E-state index contributed by atoms with van der Waals surface area (Å²) in [5.41, 5.74) is 5.12. The van der Waals surface area contributed by atoms with Crippen LogP contribution in [0.25, 0.3) is 22.2 Å². The summed E-state index contributed by atoms with van der Waals surface area (Å²) in [6.07, 6.45) is 4.34. The van der Waals surface area contributed by atoms with Crippen LogP contribution in [0, 0.1) is 6.92 Å². The Morgan fingerprint density at radius 3 is 2.69 bits per heavy atom. The molecule has 1 atom stereocenters. The van der Waals surface area contributed by atoms with Gasteiger partial charge in [0.1, 0.15) is 5.82 Å². The standard InChI is InChI=1S/C21H25N3O2/c1-13-9-17(11-23(3)21(13)25)16-7-8-18-19(10-16)24(14(2)12-26-4)20(22-18)15-5-6-15/h7-11,14-15H,5-6,12H2,1-4H3/t14-/m0/s1. The van der Waals surface area contributed by atoms with E-state index in [1.165, 1.54) is 18.7 Å². The summed E-state index contributed by atoms with van der Waals surface area (Å²) in [6.45, 7) is 4.70. The summed E-state index contributed by atoms with van der Waals surface area (Å²) in [5, 5.41) is 0. The lowest BCUT2D eigenvalue weighted by molar-refractivity contribution is 0.162. The van der Waals surface area contributed by atoms with Crippen molar-refractivity contribution in [2.45, 2.75) is 38.6 Å². The average molecular weight is 351 g/mol. The van der Waals surface area contributed by atoms with Gasteiger partial charge in [-0.3, -0.25) is 4.79 Å². The van der Waals surface area contributed by atoms with E-state index in [2.05, 4.69) is 29.7 Å². The lowest BCUT2D eigenvalue weighted by Gasteiger charge is -2.17. The Morgan fingerprint density at radius 1 is 1.27 bits per heavy atom. The van der Waals surface area contributed by atoms with E-state index in [4.69, 9.17) is 9.72 Å². The molecule has 1 aromatic carbocycles. The SMILES string of the molecule is COC[C@H](C)n1c(C2CC2)nc2ccc(-c3cc(C)c(=O)n(C)c3)cc21. The van der Waals surface area contributed by atoms with Crippen LogP contribution in [-0.2, 0) is 11.8 Å². The number of ether oxygens (including phenoxy) is 1. The van der Waals surface area contributed by atoms with E-state index in [1.54, 1.807) is 18.7 Å². The number of aryl methyl sites for hydroxylation is 2. The first kappa shape index (κ1) is 17.0. The number of rotatable bonds is 5. The number of hydrogen-bond acceptors (Lipinski definition) is 3. The van der Waals surface area contributed by atoms with Crippen LogP contribution in [0.4, 0.5) is 0 Å². The van der Waals surface area contributed by atoms with E-state index < -0.39 is 0 Å². The minimum Gasteiger partial charge on any atom is -0.383 e. The van der Waals surface area contributed by atoms with Gasteiger partial charge in [0.2, 0.25) is 0 Å². The van der Waals surface area contributed by atoms with Gasteiger partial charge in [-0.1, -0.05) is 6.07 Å². The Kier molecular flexibility index (Phi) is 4.19. The predicted octanol–water partition coefficient (Wildman–Crippen LogP) is 3.80. The zero-order valence-electron chi connectivity index (χ0n) is 15.8. The minimum atomic E-state index is 0.0459. The van der Waals surface area contributed by atoms with E-state index in [1.807, 2.05) is 19.2 Å². The lowest BCUT2D eigenvalue weighted by atomic mass is 10.1. The molecule has 1 aliphatic carbocycles. The van der Waals surface area contributed by atoms with Crippen molar-refractivity contribution in [2.24, 2.45) is 7.05 Å². The van der Waals surface area contributed by atoms with Crippen LogP contribution in [0.15, 0.2) is 35.3 Å². The molecule has 2 heterocycles. The molecule has 3 aromatic rings. The second-order valence-electron chi connectivity index (χ2n) is 7.45. The van der Waals surface area contributed by atoms with Crippen molar-refractivity contribution in [1.82, 2.24) is 14.1 Å². The number of benzene rings is 1. The number of hydrogen-bond donors (Lipinski definition) is 0. The van der Waals surface area contributed by atoms with E-state index in [9.17, 15) is 4.79 Å². The van der Waals surface area contributed by atoms with Gasteiger partial charge in [0.25, 0.3) is 5.56 Å². The molecule has 0 radical (unpaired) electrons. The molecule has 2 aromatic heterocycles. The second-order valence-corrected chi connectivity index (χ2v) is 7.45. The van der Waals surface area contributed by atoms with Crippen molar-refractivity contribution in [2.75, 3.05) is 13.7 Å². The fraction of sp³-hybridized carbons (Fsp3) is 0.429. The molecule has 0 amide bonds. The first-order valence-corrected chi connectivity index (χ1v) is 9.18. The number of methoxy groups -OCH3 is 1. The van der Waals surface area contributed by atoms with Gasteiger partial charge in [-0.25, -0.2) is 4.98 Å². The molecule has 0 unspecified atom stereocenters.